The van der Waals surface area contributed by atoms with E-state index < -0.39 is 0 Å². The van der Waals surface area contributed by atoms with Gasteiger partial charge in [0.2, 0.25) is 0 Å². The number of carbonyl (C=O) groups is 1. The molecule has 3 aromatic heterocycles. The van der Waals surface area contributed by atoms with Crippen molar-refractivity contribution in [2.45, 2.75) is 18.9 Å². The number of hydrogen-bond acceptors (Lipinski definition) is 5. The first kappa shape index (κ1) is 14.8. The van der Waals surface area contributed by atoms with Gasteiger partial charge in [-0.15, -0.1) is 0 Å². The van der Waals surface area contributed by atoms with Gasteiger partial charge in [0, 0.05) is 43.1 Å². The predicted octanol–water partition coefficient (Wildman–Crippen LogP) is 2.15. The average Bonchev–Trinajstić information content (AvgIpc) is 3.25. The van der Waals surface area contributed by atoms with Gasteiger partial charge in [0.05, 0.1) is 17.4 Å². The molecule has 0 aromatic carbocycles. The number of pyridine rings is 2. The number of rotatable bonds is 3. The molecule has 1 fully saturated rings. The summed E-state index contributed by atoms with van der Waals surface area (Å²) in [4.78, 5) is 21.1. The van der Waals surface area contributed by atoms with Gasteiger partial charge in [-0.1, -0.05) is 0 Å². The van der Waals surface area contributed by atoms with E-state index in [2.05, 4.69) is 20.4 Å². The molecule has 0 spiro atoms. The summed E-state index contributed by atoms with van der Waals surface area (Å²) in [7, 11) is 1.87. The van der Waals surface area contributed by atoms with Gasteiger partial charge in [0.1, 0.15) is 11.9 Å². The number of hydrogen-bond donors (Lipinski definition) is 1. The van der Waals surface area contributed by atoms with E-state index in [0.717, 1.165) is 35.0 Å². The van der Waals surface area contributed by atoms with E-state index in [1.54, 1.807) is 23.1 Å². The van der Waals surface area contributed by atoms with Crippen molar-refractivity contribution in [2.75, 3.05) is 11.9 Å². The second kappa shape index (κ2) is 6.01. The number of amides is 1. The van der Waals surface area contributed by atoms with Crippen molar-refractivity contribution in [2.24, 2.45) is 7.05 Å². The number of nitrogens with one attached hydrogen (secondary N) is 1. The fourth-order valence-corrected chi connectivity index (χ4v) is 2.79. The fourth-order valence-electron chi connectivity index (χ4n) is 2.79. The Balaban J connectivity index is 1.62. The topological polar surface area (TPSA) is 81.9 Å². The molecule has 1 saturated heterocycles. The van der Waals surface area contributed by atoms with Gasteiger partial charge in [-0.05, 0) is 25.0 Å². The zero-order valence-corrected chi connectivity index (χ0v) is 13.3. The smallest absolute Gasteiger partial charge is 0.254 e. The highest BCUT2D eigenvalue weighted by Crippen LogP contribution is 2.22. The summed E-state index contributed by atoms with van der Waals surface area (Å²) >= 11 is 0. The standard InChI is InChI=1S/C17H17N5O2/c1-22-10-12(9-19-22)13-5-4-11-8-18-16(7-14(11)20-13)21-17(23)15-3-2-6-24-15/h4-5,7-10,15H,2-3,6H2,1H3,(H,18,21,23)/t15-/m0/s1. The maximum atomic E-state index is 12.1. The molecule has 1 N–H and O–H groups in total. The lowest BCUT2D eigenvalue weighted by Gasteiger charge is -2.10. The summed E-state index contributed by atoms with van der Waals surface area (Å²) in [6.45, 7) is 0.638. The van der Waals surface area contributed by atoms with Crippen LogP contribution in [-0.2, 0) is 16.6 Å². The minimum absolute atomic E-state index is 0.150. The molecule has 7 nitrogen and oxygen atoms in total. The number of aryl methyl sites for hydroxylation is 1. The van der Waals surface area contributed by atoms with Crippen LogP contribution >= 0.6 is 0 Å². The van der Waals surface area contributed by atoms with Crippen LogP contribution in [0.4, 0.5) is 5.82 Å². The third-order valence-corrected chi connectivity index (χ3v) is 4.05. The number of carbonyl (C=O) groups excluding carboxylic acids is 1. The molecular formula is C17H17N5O2. The van der Waals surface area contributed by atoms with Crippen molar-refractivity contribution >= 4 is 22.6 Å². The minimum atomic E-state index is -0.378. The number of fused-ring (bicyclic) bond motifs is 1. The predicted molar refractivity (Wildman–Crippen MR) is 89.3 cm³/mol. The van der Waals surface area contributed by atoms with Crippen LogP contribution in [0.5, 0.6) is 0 Å². The van der Waals surface area contributed by atoms with Gasteiger partial charge in [-0.2, -0.15) is 5.10 Å². The Morgan fingerprint density at radius 3 is 3.04 bits per heavy atom. The Hall–Kier alpha value is -2.80. The molecule has 24 heavy (non-hydrogen) atoms. The van der Waals surface area contributed by atoms with E-state index in [1.807, 2.05) is 25.4 Å². The Bertz CT molecular complexity index is 899. The molecule has 122 valence electrons. The van der Waals surface area contributed by atoms with E-state index in [9.17, 15) is 4.79 Å². The summed E-state index contributed by atoms with van der Waals surface area (Å²) in [5.74, 6) is 0.335. The maximum Gasteiger partial charge on any atom is 0.254 e. The van der Waals surface area contributed by atoms with Crippen LogP contribution in [0.3, 0.4) is 0 Å². The van der Waals surface area contributed by atoms with E-state index in [1.165, 1.54) is 0 Å². The lowest BCUT2D eigenvalue weighted by atomic mass is 10.2. The molecule has 0 saturated carbocycles. The SMILES string of the molecule is Cn1cc(-c2ccc3cnc(NC(=O)[C@@H]4CCCO4)cc3n2)cn1. The van der Waals surface area contributed by atoms with E-state index >= 15 is 0 Å². The first-order valence-corrected chi connectivity index (χ1v) is 7.87. The molecule has 1 amide bonds. The Morgan fingerprint density at radius 2 is 2.29 bits per heavy atom. The zero-order valence-electron chi connectivity index (χ0n) is 13.3. The zero-order chi connectivity index (χ0) is 16.5. The summed E-state index contributed by atoms with van der Waals surface area (Å²) in [6.07, 6.45) is 6.69. The molecule has 1 aliphatic rings. The molecular weight excluding hydrogens is 306 g/mol. The molecule has 3 aromatic rings. The summed E-state index contributed by atoms with van der Waals surface area (Å²) in [6, 6.07) is 5.68. The van der Waals surface area contributed by atoms with E-state index in [0.29, 0.717) is 12.4 Å². The third kappa shape index (κ3) is 2.85. The number of ether oxygens (including phenoxy) is 1. The molecule has 0 unspecified atom stereocenters. The van der Waals surface area contributed by atoms with Crippen LogP contribution in [-0.4, -0.2) is 38.4 Å². The first-order valence-electron chi connectivity index (χ1n) is 7.87. The van der Waals surface area contributed by atoms with E-state index in [-0.39, 0.29) is 12.0 Å². The molecule has 0 radical (unpaired) electrons. The molecule has 7 heteroatoms. The van der Waals surface area contributed by atoms with Gasteiger partial charge in [-0.3, -0.25) is 9.48 Å². The largest absolute Gasteiger partial charge is 0.368 e. The molecule has 4 rings (SSSR count). The molecule has 1 aliphatic heterocycles. The van der Waals surface area contributed by atoms with Gasteiger partial charge in [0.15, 0.2) is 0 Å². The minimum Gasteiger partial charge on any atom is -0.368 e. The van der Waals surface area contributed by atoms with Crippen LogP contribution in [0.2, 0.25) is 0 Å². The van der Waals surface area contributed by atoms with E-state index in [4.69, 9.17) is 4.74 Å². The van der Waals surface area contributed by atoms with Crippen LogP contribution < -0.4 is 5.32 Å². The fraction of sp³-hybridized carbons (Fsp3) is 0.294. The van der Waals surface area contributed by atoms with Crippen molar-refractivity contribution in [1.82, 2.24) is 19.7 Å². The Kier molecular flexibility index (Phi) is 3.70. The van der Waals surface area contributed by atoms with Crippen molar-refractivity contribution in [3.63, 3.8) is 0 Å². The highest BCUT2D eigenvalue weighted by molar-refractivity contribution is 5.95. The second-order valence-corrected chi connectivity index (χ2v) is 5.85. The van der Waals surface area contributed by atoms with Crippen LogP contribution in [0.25, 0.3) is 22.2 Å². The molecule has 0 bridgehead atoms. The number of anilines is 1. The second-order valence-electron chi connectivity index (χ2n) is 5.85. The Labute approximate surface area is 138 Å². The molecule has 0 aliphatic carbocycles. The summed E-state index contributed by atoms with van der Waals surface area (Å²) < 4.78 is 7.13. The third-order valence-electron chi connectivity index (χ3n) is 4.05. The van der Waals surface area contributed by atoms with Gasteiger partial charge in [-0.25, -0.2) is 9.97 Å². The Morgan fingerprint density at radius 1 is 1.38 bits per heavy atom. The van der Waals surface area contributed by atoms with Gasteiger partial charge in [0.25, 0.3) is 5.91 Å². The first-order chi connectivity index (χ1) is 11.7. The van der Waals surface area contributed by atoms with Gasteiger partial charge < -0.3 is 10.1 Å². The van der Waals surface area contributed by atoms with Crippen molar-refractivity contribution in [1.29, 1.82) is 0 Å². The molecule has 4 heterocycles. The highest BCUT2D eigenvalue weighted by atomic mass is 16.5. The normalized spacial score (nSPS) is 17.3. The van der Waals surface area contributed by atoms with Gasteiger partial charge >= 0.3 is 0 Å². The van der Waals surface area contributed by atoms with Crippen LogP contribution in [0, 0.1) is 0 Å². The maximum absolute atomic E-state index is 12.1. The number of nitrogens with zero attached hydrogens (tertiary/aromatic N) is 4. The van der Waals surface area contributed by atoms with Crippen molar-refractivity contribution < 1.29 is 9.53 Å². The lowest BCUT2D eigenvalue weighted by molar-refractivity contribution is -0.124. The van der Waals surface area contributed by atoms with Crippen molar-refractivity contribution in [3.8, 4) is 11.3 Å². The summed E-state index contributed by atoms with van der Waals surface area (Å²) in [5.41, 5.74) is 2.55. The quantitative estimate of drug-likeness (QED) is 0.798. The molecule has 1 atom stereocenters. The van der Waals surface area contributed by atoms with Crippen LogP contribution in [0.1, 0.15) is 12.8 Å². The monoisotopic (exact) mass is 323 g/mol. The highest BCUT2D eigenvalue weighted by Gasteiger charge is 2.23. The average molecular weight is 323 g/mol. The summed E-state index contributed by atoms with van der Waals surface area (Å²) in [5, 5.41) is 7.89. The number of aromatic nitrogens is 4. The van der Waals surface area contributed by atoms with Crippen molar-refractivity contribution in [3.05, 3.63) is 36.8 Å². The van der Waals surface area contributed by atoms with Crippen LogP contribution in [0.15, 0.2) is 36.8 Å². The lowest BCUT2D eigenvalue weighted by Crippen LogP contribution is -2.27.